The summed E-state index contributed by atoms with van der Waals surface area (Å²) in [7, 11) is -3.73. The van der Waals surface area contributed by atoms with Gasteiger partial charge in [-0.1, -0.05) is 35.9 Å². The highest BCUT2D eigenvalue weighted by atomic mass is 35.5. The van der Waals surface area contributed by atoms with Gasteiger partial charge in [0.15, 0.2) is 0 Å². The van der Waals surface area contributed by atoms with Gasteiger partial charge in [-0.3, -0.25) is 0 Å². The first kappa shape index (κ1) is 17.1. The van der Waals surface area contributed by atoms with Crippen LogP contribution in [0.2, 0.25) is 5.02 Å². The number of nitrogens with zero attached hydrogens (tertiary/aromatic N) is 1. The highest BCUT2D eigenvalue weighted by Gasteiger charge is 2.14. The third-order valence-electron chi connectivity index (χ3n) is 3.55. The van der Waals surface area contributed by atoms with E-state index in [9.17, 15) is 8.42 Å². The number of hydrogen-bond donors (Lipinski definition) is 1. The van der Waals surface area contributed by atoms with Crippen molar-refractivity contribution in [2.45, 2.75) is 18.2 Å². The lowest BCUT2D eigenvalue weighted by atomic mass is 10.1. The number of hydrogen-bond acceptors (Lipinski definition) is 4. The largest absolute Gasteiger partial charge is 0.241 e. The standard InChI is InChI=1S/C17H15ClN2O2S2/c1-11-17(13-3-2-4-15(10-13)24(19,21)22)20-16(23-11)9-12-5-7-14(18)8-6-12/h2-8,10H,9H2,1H3,(H2,19,21,22). The number of rotatable bonds is 4. The number of halogens is 1. The lowest BCUT2D eigenvalue weighted by molar-refractivity contribution is 0.598. The molecule has 0 unspecified atom stereocenters. The van der Waals surface area contributed by atoms with E-state index in [1.807, 2.05) is 37.3 Å². The zero-order valence-electron chi connectivity index (χ0n) is 12.9. The van der Waals surface area contributed by atoms with Crippen molar-refractivity contribution in [1.82, 2.24) is 4.98 Å². The van der Waals surface area contributed by atoms with Gasteiger partial charge in [0.2, 0.25) is 10.0 Å². The van der Waals surface area contributed by atoms with E-state index in [2.05, 4.69) is 4.98 Å². The van der Waals surface area contributed by atoms with Gasteiger partial charge < -0.3 is 0 Å². The molecule has 0 aliphatic rings. The second-order valence-corrected chi connectivity index (χ2v) is 8.67. The molecule has 124 valence electrons. The average molecular weight is 379 g/mol. The molecule has 0 saturated carbocycles. The minimum Gasteiger partial charge on any atom is -0.241 e. The van der Waals surface area contributed by atoms with Gasteiger partial charge in [-0.25, -0.2) is 18.5 Å². The SMILES string of the molecule is Cc1sc(Cc2ccc(Cl)cc2)nc1-c1cccc(S(N)(=O)=O)c1. The zero-order valence-corrected chi connectivity index (χ0v) is 15.3. The van der Waals surface area contributed by atoms with Gasteiger partial charge in [0.25, 0.3) is 0 Å². The van der Waals surface area contributed by atoms with Gasteiger partial charge in [0.1, 0.15) is 0 Å². The summed E-state index contributed by atoms with van der Waals surface area (Å²) in [6, 6.07) is 14.2. The molecule has 2 N–H and O–H groups in total. The Morgan fingerprint density at radius 3 is 2.54 bits per heavy atom. The van der Waals surface area contributed by atoms with Crippen molar-refractivity contribution in [1.29, 1.82) is 0 Å². The van der Waals surface area contributed by atoms with E-state index < -0.39 is 10.0 Å². The van der Waals surface area contributed by atoms with E-state index in [4.69, 9.17) is 16.7 Å². The number of nitrogens with two attached hydrogens (primary N) is 1. The lowest BCUT2D eigenvalue weighted by Gasteiger charge is -2.02. The second-order valence-electron chi connectivity index (χ2n) is 5.39. The van der Waals surface area contributed by atoms with Crippen LogP contribution in [-0.4, -0.2) is 13.4 Å². The number of thiazole rings is 1. The predicted molar refractivity (Wildman–Crippen MR) is 97.9 cm³/mol. The van der Waals surface area contributed by atoms with E-state index >= 15 is 0 Å². The van der Waals surface area contributed by atoms with Crippen LogP contribution in [0.25, 0.3) is 11.3 Å². The summed E-state index contributed by atoms with van der Waals surface area (Å²) >= 11 is 7.50. The quantitative estimate of drug-likeness (QED) is 0.745. The van der Waals surface area contributed by atoms with E-state index in [-0.39, 0.29) is 4.90 Å². The molecule has 0 amide bonds. The monoisotopic (exact) mass is 378 g/mol. The van der Waals surface area contributed by atoms with E-state index in [0.717, 1.165) is 26.7 Å². The smallest absolute Gasteiger partial charge is 0.238 e. The Kier molecular flexibility index (Phi) is 4.73. The Morgan fingerprint density at radius 1 is 1.17 bits per heavy atom. The lowest BCUT2D eigenvalue weighted by Crippen LogP contribution is -2.11. The van der Waals surface area contributed by atoms with Gasteiger partial charge in [0, 0.05) is 21.9 Å². The maximum absolute atomic E-state index is 11.5. The molecule has 1 aromatic heterocycles. The van der Waals surface area contributed by atoms with Crippen molar-refractivity contribution in [2.24, 2.45) is 5.14 Å². The van der Waals surface area contributed by atoms with Gasteiger partial charge >= 0.3 is 0 Å². The number of aromatic nitrogens is 1. The molecular weight excluding hydrogens is 364 g/mol. The molecule has 7 heteroatoms. The molecule has 3 rings (SSSR count). The molecule has 0 radical (unpaired) electrons. The molecule has 4 nitrogen and oxygen atoms in total. The molecular formula is C17H15ClN2O2S2. The average Bonchev–Trinajstić information content (AvgIpc) is 2.89. The molecule has 0 bridgehead atoms. The number of sulfonamides is 1. The van der Waals surface area contributed by atoms with Crippen LogP contribution in [0, 0.1) is 6.92 Å². The summed E-state index contributed by atoms with van der Waals surface area (Å²) in [4.78, 5) is 5.79. The first-order valence-electron chi connectivity index (χ1n) is 7.17. The number of primary sulfonamides is 1. The molecule has 0 aliphatic heterocycles. The Labute approximate surface area is 150 Å². The van der Waals surface area contributed by atoms with Crippen molar-refractivity contribution in [3.63, 3.8) is 0 Å². The number of aryl methyl sites for hydroxylation is 1. The Balaban J connectivity index is 1.93. The van der Waals surface area contributed by atoms with Gasteiger partial charge in [0.05, 0.1) is 15.6 Å². The van der Waals surface area contributed by atoms with Crippen molar-refractivity contribution in [3.05, 3.63) is 69.0 Å². The van der Waals surface area contributed by atoms with Crippen LogP contribution in [0.3, 0.4) is 0 Å². The predicted octanol–water partition coefficient (Wildman–Crippen LogP) is 4.01. The molecule has 3 aromatic rings. The van der Waals surface area contributed by atoms with Crippen LogP contribution in [0.1, 0.15) is 15.4 Å². The van der Waals surface area contributed by atoms with Crippen molar-refractivity contribution in [3.8, 4) is 11.3 Å². The molecule has 24 heavy (non-hydrogen) atoms. The fraction of sp³-hybridized carbons (Fsp3) is 0.118. The highest BCUT2D eigenvalue weighted by molar-refractivity contribution is 7.89. The minimum atomic E-state index is -3.73. The van der Waals surface area contributed by atoms with Crippen LogP contribution >= 0.6 is 22.9 Å². The van der Waals surface area contributed by atoms with Crippen LogP contribution in [-0.2, 0) is 16.4 Å². The Hall–Kier alpha value is -1.73. The fourth-order valence-corrected chi connectivity index (χ4v) is 4.07. The van der Waals surface area contributed by atoms with E-state index in [0.29, 0.717) is 11.4 Å². The summed E-state index contributed by atoms with van der Waals surface area (Å²) in [6.07, 6.45) is 0.706. The first-order chi connectivity index (χ1) is 11.3. The van der Waals surface area contributed by atoms with Gasteiger partial charge in [-0.15, -0.1) is 11.3 Å². The molecule has 0 aliphatic carbocycles. The fourth-order valence-electron chi connectivity index (χ4n) is 2.39. The highest BCUT2D eigenvalue weighted by Crippen LogP contribution is 2.30. The third kappa shape index (κ3) is 3.84. The van der Waals surface area contributed by atoms with Crippen molar-refractivity contribution in [2.75, 3.05) is 0 Å². The molecule has 0 fully saturated rings. The summed E-state index contributed by atoms with van der Waals surface area (Å²) < 4.78 is 23.0. The van der Waals surface area contributed by atoms with Crippen molar-refractivity contribution >= 4 is 33.0 Å². The molecule has 1 heterocycles. The molecule has 2 aromatic carbocycles. The summed E-state index contributed by atoms with van der Waals surface area (Å²) in [5, 5.41) is 6.87. The summed E-state index contributed by atoms with van der Waals surface area (Å²) in [5.74, 6) is 0. The zero-order chi connectivity index (χ0) is 17.3. The first-order valence-corrected chi connectivity index (χ1v) is 9.91. The molecule has 0 saturated heterocycles. The van der Waals surface area contributed by atoms with Crippen LogP contribution in [0.4, 0.5) is 0 Å². The molecule has 0 spiro atoms. The maximum Gasteiger partial charge on any atom is 0.238 e. The van der Waals surface area contributed by atoms with Gasteiger partial charge in [-0.2, -0.15) is 0 Å². The topological polar surface area (TPSA) is 73.0 Å². The Morgan fingerprint density at radius 2 is 1.88 bits per heavy atom. The summed E-state index contributed by atoms with van der Waals surface area (Å²) in [5.41, 5.74) is 2.66. The number of benzene rings is 2. The third-order valence-corrected chi connectivity index (χ3v) is 5.68. The molecule has 0 atom stereocenters. The van der Waals surface area contributed by atoms with E-state index in [1.165, 1.54) is 6.07 Å². The van der Waals surface area contributed by atoms with Gasteiger partial charge in [-0.05, 0) is 36.8 Å². The van der Waals surface area contributed by atoms with Crippen LogP contribution in [0.5, 0.6) is 0 Å². The Bertz CT molecular complexity index is 980. The van der Waals surface area contributed by atoms with Crippen LogP contribution in [0.15, 0.2) is 53.4 Å². The minimum absolute atomic E-state index is 0.0895. The normalized spacial score (nSPS) is 11.6. The second kappa shape index (κ2) is 6.64. The van der Waals surface area contributed by atoms with Crippen LogP contribution < -0.4 is 5.14 Å². The van der Waals surface area contributed by atoms with Crippen molar-refractivity contribution < 1.29 is 8.42 Å². The maximum atomic E-state index is 11.5. The van der Waals surface area contributed by atoms with E-state index in [1.54, 1.807) is 23.5 Å². The summed E-state index contributed by atoms with van der Waals surface area (Å²) in [6.45, 7) is 1.97.